The van der Waals surface area contributed by atoms with Gasteiger partial charge < -0.3 is 9.72 Å². The molecule has 5 nitrogen and oxygen atoms in total. The molecule has 0 aromatic carbocycles. The molecule has 4 heterocycles. The van der Waals surface area contributed by atoms with Crippen LogP contribution in [0.15, 0.2) is 42.9 Å². The first kappa shape index (κ1) is 15.3. The Hall–Kier alpha value is -2.24. The molecule has 1 aliphatic heterocycles. The molecular formula is C19H23N5. The summed E-state index contributed by atoms with van der Waals surface area (Å²) in [7, 11) is 0. The van der Waals surface area contributed by atoms with Crippen LogP contribution in [0.25, 0.3) is 16.9 Å². The van der Waals surface area contributed by atoms with Crippen molar-refractivity contribution in [2.75, 3.05) is 26.2 Å². The molecule has 1 saturated heterocycles. The second kappa shape index (κ2) is 6.71. The highest BCUT2D eigenvalue weighted by Gasteiger charge is 2.18. The van der Waals surface area contributed by atoms with Crippen molar-refractivity contribution in [2.24, 2.45) is 0 Å². The number of aromatic nitrogens is 3. The Morgan fingerprint density at radius 2 is 2.12 bits per heavy atom. The van der Waals surface area contributed by atoms with E-state index in [9.17, 15) is 0 Å². The minimum atomic E-state index is 0.913. The summed E-state index contributed by atoms with van der Waals surface area (Å²) in [6, 6.07) is 8.29. The fourth-order valence-electron chi connectivity index (χ4n) is 3.36. The van der Waals surface area contributed by atoms with Crippen molar-refractivity contribution in [3.8, 4) is 11.3 Å². The minimum Gasteiger partial charge on any atom is -0.315 e. The van der Waals surface area contributed by atoms with Crippen molar-refractivity contribution in [1.29, 1.82) is 0 Å². The van der Waals surface area contributed by atoms with E-state index >= 15 is 0 Å². The van der Waals surface area contributed by atoms with E-state index in [2.05, 4.69) is 50.9 Å². The lowest BCUT2D eigenvalue weighted by Crippen LogP contribution is -2.28. The Kier molecular flexibility index (Phi) is 4.28. The molecule has 3 aromatic heterocycles. The molecule has 124 valence electrons. The molecule has 3 aromatic rings. The Labute approximate surface area is 142 Å². The normalized spacial score (nSPS) is 16.4. The number of hydrogen-bond acceptors (Lipinski definition) is 4. The lowest BCUT2D eigenvalue weighted by atomic mass is 10.1. The fourth-order valence-corrected chi connectivity index (χ4v) is 3.36. The zero-order valence-electron chi connectivity index (χ0n) is 14.1. The fraction of sp³-hybridized carbons (Fsp3) is 0.368. The average Bonchev–Trinajstić information content (AvgIpc) is 2.78. The lowest BCUT2D eigenvalue weighted by Gasteiger charge is -2.20. The molecule has 24 heavy (non-hydrogen) atoms. The van der Waals surface area contributed by atoms with Crippen LogP contribution in [0.1, 0.15) is 17.7 Å². The maximum atomic E-state index is 4.89. The van der Waals surface area contributed by atoms with Crippen molar-refractivity contribution in [3.05, 3.63) is 54.1 Å². The van der Waals surface area contributed by atoms with E-state index in [1.807, 2.05) is 18.5 Å². The Balaban J connectivity index is 1.79. The van der Waals surface area contributed by atoms with Crippen molar-refractivity contribution in [3.63, 3.8) is 0 Å². The van der Waals surface area contributed by atoms with E-state index in [4.69, 9.17) is 4.98 Å². The summed E-state index contributed by atoms with van der Waals surface area (Å²) < 4.78 is 2.25. The minimum absolute atomic E-state index is 0.913. The van der Waals surface area contributed by atoms with E-state index in [-0.39, 0.29) is 0 Å². The zero-order chi connectivity index (χ0) is 16.4. The number of fused-ring (bicyclic) bond motifs is 1. The van der Waals surface area contributed by atoms with Gasteiger partial charge in [0.25, 0.3) is 0 Å². The third-order valence-electron chi connectivity index (χ3n) is 4.61. The van der Waals surface area contributed by atoms with Crippen molar-refractivity contribution >= 4 is 5.65 Å². The first-order chi connectivity index (χ1) is 11.8. The molecule has 0 spiro atoms. The first-order valence-electron chi connectivity index (χ1n) is 8.62. The van der Waals surface area contributed by atoms with Crippen molar-refractivity contribution < 1.29 is 0 Å². The summed E-state index contributed by atoms with van der Waals surface area (Å²) in [6.07, 6.45) is 7.09. The Bertz CT molecular complexity index is 816. The molecular weight excluding hydrogens is 298 g/mol. The van der Waals surface area contributed by atoms with Gasteiger partial charge in [-0.05, 0) is 50.2 Å². The van der Waals surface area contributed by atoms with Gasteiger partial charge in [-0.25, -0.2) is 4.98 Å². The number of aryl methyl sites for hydroxylation is 1. The highest BCUT2D eigenvalue weighted by atomic mass is 15.2. The molecule has 1 aliphatic rings. The summed E-state index contributed by atoms with van der Waals surface area (Å²) in [6.45, 7) is 7.40. The maximum absolute atomic E-state index is 4.89. The van der Waals surface area contributed by atoms with Crippen LogP contribution in [-0.2, 0) is 6.54 Å². The summed E-state index contributed by atoms with van der Waals surface area (Å²) in [4.78, 5) is 11.7. The second-order valence-corrected chi connectivity index (χ2v) is 6.46. The molecule has 0 saturated carbocycles. The predicted molar refractivity (Wildman–Crippen MR) is 95.9 cm³/mol. The predicted octanol–water partition coefficient (Wildman–Crippen LogP) is 2.50. The van der Waals surface area contributed by atoms with Crippen molar-refractivity contribution in [2.45, 2.75) is 19.9 Å². The van der Waals surface area contributed by atoms with Gasteiger partial charge in [0.15, 0.2) is 0 Å². The maximum Gasteiger partial charge on any atom is 0.137 e. The number of nitrogens with zero attached hydrogens (tertiary/aromatic N) is 4. The summed E-state index contributed by atoms with van der Waals surface area (Å²) in [5, 5.41) is 3.48. The summed E-state index contributed by atoms with van der Waals surface area (Å²) in [5.74, 6) is 0. The zero-order valence-corrected chi connectivity index (χ0v) is 14.1. The second-order valence-electron chi connectivity index (χ2n) is 6.46. The highest BCUT2D eigenvalue weighted by Crippen LogP contribution is 2.25. The monoisotopic (exact) mass is 321 g/mol. The van der Waals surface area contributed by atoms with Crippen LogP contribution in [0, 0.1) is 6.92 Å². The summed E-state index contributed by atoms with van der Waals surface area (Å²) >= 11 is 0. The molecule has 5 heteroatoms. The van der Waals surface area contributed by atoms with Gasteiger partial charge in [-0.1, -0.05) is 6.07 Å². The summed E-state index contributed by atoms with van der Waals surface area (Å²) in [5.41, 5.74) is 5.63. The van der Waals surface area contributed by atoms with Gasteiger partial charge in [0.1, 0.15) is 5.65 Å². The van der Waals surface area contributed by atoms with Gasteiger partial charge in [0, 0.05) is 43.8 Å². The molecule has 4 rings (SSSR count). The van der Waals surface area contributed by atoms with E-state index in [1.54, 1.807) is 0 Å². The number of nitrogens with one attached hydrogen (secondary N) is 1. The topological polar surface area (TPSA) is 45.5 Å². The first-order valence-corrected chi connectivity index (χ1v) is 8.62. The van der Waals surface area contributed by atoms with Crippen LogP contribution in [0.4, 0.5) is 0 Å². The molecule has 0 unspecified atom stereocenters. The van der Waals surface area contributed by atoms with E-state index in [1.165, 1.54) is 17.7 Å². The van der Waals surface area contributed by atoms with Crippen LogP contribution >= 0.6 is 0 Å². The van der Waals surface area contributed by atoms with Gasteiger partial charge in [0.2, 0.25) is 0 Å². The van der Waals surface area contributed by atoms with Crippen molar-refractivity contribution in [1.82, 2.24) is 24.6 Å². The quantitative estimate of drug-likeness (QED) is 0.805. The van der Waals surface area contributed by atoms with Gasteiger partial charge in [-0.3, -0.25) is 9.88 Å². The molecule has 0 amide bonds. The average molecular weight is 321 g/mol. The molecule has 0 aliphatic carbocycles. The number of pyridine rings is 2. The largest absolute Gasteiger partial charge is 0.315 e. The number of imidazole rings is 1. The van der Waals surface area contributed by atoms with Gasteiger partial charge in [0.05, 0.1) is 11.4 Å². The van der Waals surface area contributed by atoms with Gasteiger partial charge in [-0.15, -0.1) is 0 Å². The Morgan fingerprint density at radius 3 is 3.00 bits per heavy atom. The Morgan fingerprint density at radius 1 is 1.17 bits per heavy atom. The van der Waals surface area contributed by atoms with Crippen LogP contribution in [0.2, 0.25) is 0 Å². The standard InChI is InChI=1S/C19H23N5/c1-15-5-6-18-22-19(16-4-2-7-21-12-16)17(24(18)13-15)14-23-10-3-8-20-9-11-23/h2,4-7,12-13,20H,3,8-11,14H2,1H3. The van der Waals surface area contributed by atoms with Crippen LogP contribution in [0.5, 0.6) is 0 Å². The molecule has 0 radical (unpaired) electrons. The lowest BCUT2D eigenvalue weighted by molar-refractivity contribution is 0.281. The van der Waals surface area contributed by atoms with Gasteiger partial charge in [-0.2, -0.15) is 0 Å². The highest BCUT2D eigenvalue weighted by molar-refractivity contribution is 5.66. The SMILES string of the molecule is Cc1ccc2nc(-c3cccnc3)c(CN3CCCNCC3)n2c1. The number of hydrogen-bond donors (Lipinski definition) is 1. The van der Waals surface area contributed by atoms with Crippen LogP contribution < -0.4 is 5.32 Å². The molecule has 0 atom stereocenters. The molecule has 0 bridgehead atoms. The molecule has 1 fully saturated rings. The smallest absolute Gasteiger partial charge is 0.137 e. The third-order valence-corrected chi connectivity index (χ3v) is 4.61. The van der Waals surface area contributed by atoms with E-state index in [0.29, 0.717) is 0 Å². The van der Waals surface area contributed by atoms with E-state index in [0.717, 1.165) is 49.6 Å². The van der Waals surface area contributed by atoms with Crippen LogP contribution in [-0.4, -0.2) is 45.4 Å². The molecule has 1 N–H and O–H groups in total. The van der Waals surface area contributed by atoms with E-state index < -0.39 is 0 Å². The number of rotatable bonds is 3. The van der Waals surface area contributed by atoms with Crippen LogP contribution in [0.3, 0.4) is 0 Å². The third kappa shape index (κ3) is 3.05. The van der Waals surface area contributed by atoms with Gasteiger partial charge >= 0.3 is 0 Å².